The zero-order chi connectivity index (χ0) is 12.1. The lowest BCUT2D eigenvalue weighted by Crippen LogP contribution is -2.42. The second-order valence-electron chi connectivity index (χ2n) is 4.83. The molecule has 1 amide bonds. The third-order valence-electron chi connectivity index (χ3n) is 3.40. The molecule has 0 unspecified atom stereocenters. The summed E-state index contributed by atoms with van der Waals surface area (Å²) in [6, 6.07) is 1.62. The molecule has 17 heavy (non-hydrogen) atoms. The second-order valence-corrected chi connectivity index (χ2v) is 4.83. The molecule has 0 spiro atoms. The number of hydrogen-bond acceptors (Lipinski definition) is 3. The van der Waals surface area contributed by atoms with Gasteiger partial charge in [0.05, 0.1) is 17.4 Å². The summed E-state index contributed by atoms with van der Waals surface area (Å²) < 4.78 is 4.85. The molecule has 0 saturated heterocycles. The molecule has 4 nitrogen and oxygen atoms in total. The van der Waals surface area contributed by atoms with Gasteiger partial charge in [-0.2, -0.15) is 0 Å². The Hall–Kier alpha value is -1.29. The second kappa shape index (κ2) is 5.36. The molecule has 1 aromatic rings. The van der Waals surface area contributed by atoms with Crippen molar-refractivity contribution in [3.8, 4) is 0 Å². The Labute approximate surface area is 101 Å². The lowest BCUT2D eigenvalue weighted by Gasteiger charge is -2.26. The van der Waals surface area contributed by atoms with Crippen LogP contribution in [0, 0.1) is 0 Å². The van der Waals surface area contributed by atoms with Gasteiger partial charge in [-0.25, -0.2) is 0 Å². The van der Waals surface area contributed by atoms with Gasteiger partial charge < -0.3 is 14.8 Å². The minimum Gasteiger partial charge on any atom is -0.472 e. The van der Waals surface area contributed by atoms with Crippen LogP contribution in [0.25, 0.3) is 0 Å². The highest BCUT2D eigenvalue weighted by molar-refractivity contribution is 5.93. The first-order chi connectivity index (χ1) is 8.20. The van der Waals surface area contributed by atoms with Crippen LogP contribution in [0.1, 0.15) is 48.9 Å². The van der Waals surface area contributed by atoms with Crippen LogP contribution >= 0.6 is 0 Å². The Bertz CT molecular complexity index is 351. The molecule has 1 fully saturated rings. The zero-order valence-electron chi connectivity index (χ0n) is 9.95. The van der Waals surface area contributed by atoms with E-state index in [1.807, 2.05) is 0 Å². The number of furan rings is 1. The van der Waals surface area contributed by atoms with Crippen molar-refractivity contribution in [2.45, 2.75) is 44.1 Å². The van der Waals surface area contributed by atoms with Gasteiger partial charge in [0.15, 0.2) is 0 Å². The highest BCUT2D eigenvalue weighted by Gasteiger charge is 2.28. The van der Waals surface area contributed by atoms with Crippen LogP contribution in [0.2, 0.25) is 0 Å². The van der Waals surface area contributed by atoms with E-state index in [4.69, 9.17) is 4.42 Å². The third-order valence-corrected chi connectivity index (χ3v) is 3.40. The van der Waals surface area contributed by atoms with Gasteiger partial charge in [0.25, 0.3) is 5.91 Å². The smallest absolute Gasteiger partial charge is 0.254 e. The lowest BCUT2D eigenvalue weighted by molar-refractivity contribution is 0.0246. The maximum Gasteiger partial charge on any atom is 0.254 e. The van der Waals surface area contributed by atoms with E-state index in [2.05, 4.69) is 5.32 Å². The van der Waals surface area contributed by atoms with Crippen molar-refractivity contribution in [1.82, 2.24) is 5.32 Å². The van der Waals surface area contributed by atoms with Gasteiger partial charge in [0.2, 0.25) is 0 Å². The lowest BCUT2D eigenvalue weighted by atomic mass is 9.94. The van der Waals surface area contributed by atoms with Crippen LogP contribution in [-0.4, -0.2) is 23.2 Å². The Kier molecular flexibility index (Phi) is 3.84. The normalized spacial score (nSPS) is 19.6. The summed E-state index contributed by atoms with van der Waals surface area (Å²) in [5.74, 6) is -0.184. The van der Waals surface area contributed by atoms with E-state index in [-0.39, 0.29) is 5.91 Å². The molecule has 1 aliphatic carbocycles. The minimum atomic E-state index is -0.726. The third kappa shape index (κ3) is 3.33. The van der Waals surface area contributed by atoms with Gasteiger partial charge in [-0.3, -0.25) is 4.79 Å². The van der Waals surface area contributed by atoms with Crippen molar-refractivity contribution >= 4 is 5.91 Å². The first kappa shape index (κ1) is 12.2. The first-order valence-electron chi connectivity index (χ1n) is 6.22. The van der Waals surface area contributed by atoms with E-state index in [1.165, 1.54) is 25.4 Å². The SMILES string of the molecule is O=C(NCC1(O)CCCCCC1)c1ccoc1. The maximum atomic E-state index is 11.7. The molecule has 1 aromatic heterocycles. The molecular weight excluding hydrogens is 218 g/mol. The monoisotopic (exact) mass is 237 g/mol. The summed E-state index contributed by atoms with van der Waals surface area (Å²) in [6.07, 6.45) is 8.87. The van der Waals surface area contributed by atoms with Crippen LogP contribution in [0.4, 0.5) is 0 Å². The topological polar surface area (TPSA) is 62.5 Å². The fraction of sp³-hybridized carbons (Fsp3) is 0.615. The van der Waals surface area contributed by atoms with E-state index in [0.29, 0.717) is 12.1 Å². The summed E-state index contributed by atoms with van der Waals surface area (Å²) in [7, 11) is 0. The largest absolute Gasteiger partial charge is 0.472 e. The van der Waals surface area contributed by atoms with Gasteiger partial charge in [-0.05, 0) is 18.9 Å². The summed E-state index contributed by atoms with van der Waals surface area (Å²) >= 11 is 0. The Balaban J connectivity index is 1.86. The van der Waals surface area contributed by atoms with E-state index in [1.54, 1.807) is 6.07 Å². The minimum absolute atomic E-state index is 0.184. The van der Waals surface area contributed by atoms with Gasteiger partial charge in [0.1, 0.15) is 6.26 Å². The molecule has 1 heterocycles. The standard InChI is InChI=1S/C13H19NO3/c15-12(11-5-8-17-9-11)14-10-13(16)6-3-1-2-4-7-13/h5,8-9,16H,1-4,6-7,10H2,(H,14,15). The number of hydrogen-bond donors (Lipinski definition) is 2. The Morgan fingerprint density at radius 1 is 1.35 bits per heavy atom. The highest BCUT2D eigenvalue weighted by Crippen LogP contribution is 2.26. The van der Waals surface area contributed by atoms with E-state index < -0.39 is 5.60 Å². The van der Waals surface area contributed by atoms with Crippen molar-refractivity contribution in [3.05, 3.63) is 24.2 Å². The summed E-state index contributed by atoms with van der Waals surface area (Å²) in [4.78, 5) is 11.7. The summed E-state index contributed by atoms with van der Waals surface area (Å²) in [6.45, 7) is 0.330. The highest BCUT2D eigenvalue weighted by atomic mass is 16.3. The van der Waals surface area contributed by atoms with Crippen molar-refractivity contribution < 1.29 is 14.3 Å². The van der Waals surface area contributed by atoms with Crippen LogP contribution in [-0.2, 0) is 0 Å². The van der Waals surface area contributed by atoms with Crippen LogP contribution < -0.4 is 5.32 Å². The number of amides is 1. The van der Waals surface area contributed by atoms with Crippen LogP contribution in [0.5, 0.6) is 0 Å². The molecule has 0 atom stereocenters. The van der Waals surface area contributed by atoms with E-state index in [0.717, 1.165) is 25.7 Å². The zero-order valence-corrected chi connectivity index (χ0v) is 9.95. The molecule has 1 aliphatic rings. The predicted molar refractivity (Wildman–Crippen MR) is 63.7 cm³/mol. The van der Waals surface area contributed by atoms with Gasteiger partial charge >= 0.3 is 0 Å². The molecule has 0 aromatic carbocycles. The summed E-state index contributed by atoms with van der Waals surface area (Å²) in [5.41, 5.74) is -0.224. The van der Waals surface area contributed by atoms with Crippen LogP contribution in [0.15, 0.2) is 23.0 Å². The fourth-order valence-corrected chi connectivity index (χ4v) is 2.30. The average molecular weight is 237 g/mol. The van der Waals surface area contributed by atoms with Crippen molar-refractivity contribution in [3.63, 3.8) is 0 Å². The Morgan fingerprint density at radius 2 is 2.06 bits per heavy atom. The molecular formula is C13H19NO3. The van der Waals surface area contributed by atoms with Crippen molar-refractivity contribution in [1.29, 1.82) is 0 Å². The van der Waals surface area contributed by atoms with Crippen molar-refractivity contribution in [2.24, 2.45) is 0 Å². The number of carbonyl (C=O) groups excluding carboxylic acids is 1. The first-order valence-corrected chi connectivity index (χ1v) is 6.22. The van der Waals surface area contributed by atoms with Crippen LogP contribution in [0.3, 0.4) is 0 Å². The van der Waals surface area contributed by atoms with Gasteiger partial charge in [0, 0.05) is 6.54 Å². The Morgan fingerprint density at radius 3 is 2.65 bits per heavy atom. The molecule has 94 valence electrons. The molecule has 4 heteroatoms. The number of aliphatic hydroxyl groups is 1. The fourth-order valence-electron chi connectivity index (χ4n) is 2.30. The van der Waals surface area contributed by atoms with E-state index in [9.17, 15) is 9.90 Å². The van der Waals surface area contributed by atoms with Gasteiger partial charge in [-0.1, -0.05) is 25.7 Å². The summed E-state index contributed by atoms with van der Waals surface area (Å²) in [5, 5.41) is 13.1. The number of carbonyl (C=O) groups is 1. The van der Waals surface area contributed by atoms with E-state index >= 15 is 0 Å². The molecule has 0 radical (unpaired) electrons. The molecule has 2 N–H and O–H groups in total. The average Bonchev–Trinajstić information content (AvgIpc) is 2.77. The maximum absolute atomic E-state index is 11.7. The predicted octanol–water partition coefficient (Wildman–Crippen LogP) is 2.09. The quantitative estimate of drug-likeness (QED) is 0.791. The molecule has 0 aliphatic heterocycles. The molecule has 0 bridgehead atoms. The van der Waals surface area contributed by atoms with Crippen molar-refractivity contribution in [2.75, 3.05) is 6.54 Å². The molecule has 1 saturated carbocycles. The molecule has 2 rings (SSSR count). The number of nitrogens with one attached hydrogen (secondary N) is 1. The number of rotatable bonds is 3. The van der Waals surface area contributed by atoms with Gasteiger partial charge in [-0.15, -0.1) is 0 Å².